The van der Waals surface area contributed by atoms with E-state index in [-0.39, 0.29) is 13.2 Å². The number of hydrogen-bond donors (Lipinski definition) is 2. The molecule has 1 aliphatic heterocycles. The molecule has 0 bridgehead atoms. The van der Waals surface area contributed by atoms with E-state index in [1.54, 1.807) is 46.0 Å². The Kier molecular flexibility index (Phi) is 6.88. The summed E-state index contributed by atoms with van der Waals surface area (Å²) in [5.41, 5.74) is 0.910. The highest BCUT2D eigenvalue weighted by Crippen LogP contribution is 2.31. The number of hydrogen-bond acceptors (Lipinski definition) is 5. The van der Waals surface area contributed by atoms with Crippen molar-refractivity contribution >= 4 is 23.7 Å². The number of ether oxygens (including phenoxy) is 1. The number of anilines is 1. The average molecular weight is 402 g/mol. The van der Waals surface area contributed by atoms with Crippen LogP contribution in [0.15, 0.2) is 18.2 Å². The van der Waals surface area contributed by atoms with Crippen molar-refractivity contribution in [2.24, 2.45) is 0 Å². The molecule has 29 heavy (non-hydrogen) atoms. The Morgan fingerprint density at radius 2 is 2.00 bits per heavy atom. The van der Waals surface area contributed by atoms with E-state index in [2.05, 4.69) is 11.8 Å². The molecule has 156 valence electrons. The number of aliphatic hydroxyl groups is 1. The highest BCUT2D eigenvalue weighted by molar-refractivity contribution is 6.01. The van der Waals surface area contributed by atoms with Crippen molar-refractivity contribution in [3.63, 3.8) is 0 Å². The predicted molar refractivity (Wildman–Crippen MR) is 106 cm³/mol. The van der Waals surface area contributed by atoms with E-state index in [0.29, 0.717) is 23.2 Å². The number of nitrogens with zero attached hydrogens (tertiary/aromatic N) is 2. The monoisotopic (exact) mass is 402 g/mol. The molecule has 8 heteroatoms. The number of carbonyl (C=O) groups excluding carboxylic acids is 2. The Hall–Kier alpha value is -3.05. The van der Waals surface area contributed by atoms with Crippen LogP contribution < -0.4 is 4.90 Å². The first kappa shape index (κ1) is 22.2. The van der Waals surface area contributed by atoms with Gasteiger partial charge in [-0.3, -0.25) is 14.5 Å². The Balaban J connectivity index is 2.58. The molecule has 1 heterocycles. The highest BCUT2D eigenvalue weighted by Gasteiger charge is 2.40. The summed E-state index contributed by atoms with van der Waals surface area (Å²) < 4.78 is 5.46. The van der Waals surface area contributed by atoms with Gasteiger partial charge in [0.15, 0.2) is 0 Å². The molecule has 2 amide bonds. The minimum absolute atomic E-state index is 0.0432. The first-order chi connectivity index (χ1) is 13.5. The fraction of sp³-hybridized carbons (Fsp3) is 0.476. The molecule has 1 atom stereocenters. The van der Waals surface area contributed by atoms with Gasteiger partial charge in [0.2, 0.25) is 5.91 Å². The van der Waals surface area contributed by atoms with Crippen LogP contribution in [0.2, 0.25) is 0 Å². The van der Waals surface area contributed by atoms with Gasteiger partial charge in [-0.05, 0) is 44.5 Å². The molecule has 1 aromatic rings. The predicted octanol–water partition coefficient (Wildman–Crippen LogP) is 1.98. The number of rotatable bonds is 3. The van der Waals surface area contributed by atoms with E-state index in [4.69, 9.17) is 9.84 Å². The molecule has 0 fully saturated rings. The lowest BCUT2D eigenvalue weighted by Gasteiger charge is -2.32. The van der Waals surface area contributed by atoms with Crippen LogP contribution in [0.4, 0.5) is 10.5 Å². The first-order valence-corrected chi connectivity index (χ1v) is 9.25. The second-order valence-corrected chi connectivity index (χ2v) is 7.78. The number of carboxylic acids is 1. The molecule has 0 saturated heterocycles. The van der Waals surface area contributed by atoms with Gasteiger partial charge in [-0.25, -0.2) is 4.79 Å². The molecule has 1 aliphatic rings. The maximum atomic E-state index is 13.0. The van der Waals surface area contributed by atoms with Crippen LogP contribution >= 0.6 is 0 Å². The summed E-state index contributed by atoms with van der Waals surface area (Å²) in [5, 5.41) is 18.2. The topological polar surface area (TPSA) is 107 Å². The van der Waals surface area contributed by atoms with E-state index in [0.717, 1.165) is 4.90 Å². The summed E-state index contributed by atoms with van der Waals surface area (Å²) in [5.74, 6) is 4.08. The quantitative estimate of drug-likeness (QED) is 0.749. The molecular formula is C21H26N2O6. The van der Waals surface area contributed by atoms with E-state index in [1.165, 1.54) is 4.90 Å². The maximum Gasteiger partial charge on any atom is 0.415 e. The largest absolute Gasteiger partial charge is 0.481 e. The van der Waals surface area contributed by atoms with Gasteiger partial charge in [0.05, 0.1) is 18.7 Å². The first-order valence-electron chi connectivity index (χ1n) is 9.25. The van der Waals surface area contributed by atoms with Crippen LogP contribution in [-0.4, -0.2) is 58.4 Å². The van der Waals surface area contributed by atoms with Crippen LogP contribution in [-0.2, 0) is 20.9 Å². The maximum absolute atomic E-state index is 13.0. The highest BCUT2D eigenvalue weighted by atomic mass is 16.6. The van der Waals surface area contributed by atoms with Gasteiger partial charge in [0.1, 0.15) is 11.6 Å². The third-order valence-electron chi connectivity index (χ3n) is 4.15. The summed E-state index contributed by atoms with van der Waals surface area (Å²) in [6.07, 6.45) is -0.993. The number of benzene rings is 1. The van der Waals surface area contributed by atoms with Crippen LogP contribution in [0.3, 0.4) is 0 Å². The molecule has 1 aromatic carbocycles. The lowest BCUT2D eigenvalue weighted by molar-refractivity contribution is -0.141. The molecule has 0 radical (unpaired) electrons. The van der Waals surface area contributed by atoms with Crippen molar-refractivity contribution in [3.8, 4) is 11.8 Å². The molecule has 2 rings (SSSR count). The Morgan fingerprint density at radius 1 is 1.31 bits per heavy atom. The molecule has 8 nitrogen and oxygen atoms in total. The molecule has 0 saturated carbocycles. The fourth-order valence-corrected chi connectivity index (χ4v) is 2.99. The number of aliphatic carboxylic acids is 1. The summed E-state index contributed by atoms with van der Waals surface area (Å²) in [4.78, 5) is 39.8. The molecule has 0 spiro atoms. The van der Waals surface area contributed by atoms with Crippen LogP contribution in [0, 0.1) is 11.8 Å². The third-order valence-corrected chi connectivity index (χ3v) is 4.15. The van der Waals surface area contributed by atoms with Crippen LogP contribution in [0.5, 0.6) is 0 Å². The summed E-state index contributed by atoms with van der Waals surface area (Å²) in [6.45, 7) is 5.24. The minimum Gasteiger partial charge on any atom is -0.481 e. The van der Waals surface area contributed by atoms with Crippen molar-refractivity contribution in [2.75, 3.05) is 18.6 Å². The van der Waals surface area contributed by atoms with Gasteiger partial charge in [0, 0.05) is 25.6 Å². The second kappa shape index (κ2) is 8.97. The van der Waals surface area contributed by atoms with Crippen molar-refractivity contribution in [1.82, 2.24) is 4.90 Å². The Labute approximate surface area is 170 Å². The second-order valence-electron chi connectivity index (χ2n) is 7.78. The van der Waals surface area contributed by atoms with E-state index >= 15 is 0 Å². The molecular weight excluding hydrogens is 376 g/mol. The van der Waals surface area contributed by atoms with E-state index in [9.17, 15) is 19.5 Å². The number of carbonyl (C=O) groups is 3. The SMILES string of the molecule is CN1Cc2cc(C#CCCO)ccc2N(C(=O)OC(C)(C)C)C(CC(=O)O)C1=O. The van der Waals surface area contributed by atoms with Crippen LogP contribution in [0.1, 0.15) is 44.7 Å². The van der Waals surface area contributed by atoms with Gasteiger partial charge in [-0.2, -0.15) is 0 Å². The summed E-state index contributed by atoms with van der Waals surface area (Å²) in [6, 6.07) is 3.86. The van der Waals surface area contributed by atoms with Gasteiger partial charge >= 0.3 is 12.1 Å². The van der Waals surface area contributed by atoms with Gasteiger partial charge < -0.3 is 19.8 Å². The molecule has 0 aliphatic carbocycles. The van der Waals surface area contributed by atoms with Crippen molar-refractivity contribution in [1.29, 1.82) is 0 Å². The number of carboxylic acid groups (broad SMARTS) is 1. The molecule has 0 aromatic heterocycles. The summed E-state index contributed by atoms with van der Waals surface area (Å²) >= 11 is 0. The van der Waals surface area contributed by atoms with E-state index in [1.807, 2.05) is 0 Å². The summed E-state index contributed by atoms with van der Waals surface area (Å²) in [7, 11) is 1.56. The van der Waals surface area contributed by atoms with Crippen molar-refractivity contribution in [3.05, 3.63) is 29.3 Å². The third kappa shape index (κ3) is 5.72. The van der Waals surface area contributed by atoms with Crippen LogP contribution in [0.25, 0.3) is 0 Å². The fourth-order valence-electron chi connectivity index (χ4n) is 2.99. The normalized spacial score (nSPS) is 16.4. The molecule has 1 unspecified atom stereocenters. The lowest BCUT2D eigenvalue weighted by Crippen LogP contribution is -2.50. The standard InChI is InChI=1S/C21H26N2O6/c1-21(2,3)29-20(28)23-16-9-8-14(7-5-6-10-24)11-15(16)13-22(4)19(27)17(23)12-18(25)26/h8-9,11,17,24H,6,10,12-13H2,1-4H3,(H,25,26). The zero-order chi connectivity index (χ0) is 21.8. The van der Waals surface area contributed by atoms with E-state index < -0.39 is 36.0 Å². The van der Waals surface area contributed by atoms with Gasteiger partial charge in [0.25, 0.3) is 0 Å². The zero-order valence-electron chi connectivity index (χ0n) is 17.1. The molecule has 2 N–H and O–H groups in total. The minimum atomic E-state index is -1.22. The smallest absolute Gasteiger partial charge is 0.415 e. The number of amides is 2. The lowest BCUT2D eigenvalue weighted by atomic mass is 10.1. The van der Waals surface area contributed by atoms with Crippen molar-refractivity contribution < 1.29 is 29.3 Å². The van der Waals surface area contributed by atoms with Gasteiger partial charge in [-0.1, -0.05) is 11.8 Å². The number of aliphatic hydroxyl groups excluding tert-OH is 1. The number of fused-ring (bicyclic) bond motifs is 1. The Morgan fingerprint density at radius 3 is 2.59 bits per heavy atom. The zero-order valence-corrected chi connectivity index (χ0v) is 17.1. The van der Waals surface area contributed by atoms with Crippen molar-refractivity contribution in [2.45, 2.75) is 51.8 Å². The number of likely N-dealkylation sites (N-methyl/N-ethyl adjacent to an activating group) is 1. The van der Waals surface area contributed by atoms with Gasteiger partial charge in [-0.15, -0.1) is 0 Å². The Bertz CT molecular complexity index is 862. The average Bonchev–Trinajstić information content (AvgIpc) is 2.69.